The third-order valence-corrected chi connectivity index (χ3v) is 4.36. The maximum absolute atomic E-state index is 10.9. The molecule has 0 aliphatic carbocycles. The number of hydrogen-bond donors (Lipinski definition) is 0. The van der Waals surface area contributed by atoms with Crippen LogP contribution in [0.3, 0.4) is 0 Å². The van der Waals surface area contributed by atoms with Gasteiger partial charge < -0.3 is 9.04 Å². The van der Waals surface area contributed by atoms with Gasteiger partial charge in [-0.05, 0) is 20.8 Å². The highest BCUT2D eigenvalue weighted by molar-refractivity contribution is 7.86. The molecular formula is C8H19NO3S. The van der Waals surface area contributed by atoms with E-state index < -0.39 is 15.5 Å². The molecule has 0 bridgehead atoms. The van der Waals surface area contributed by atoms with E-state index in [4.69, 9.17) is 0 Å². The van der Waals surface area contributed by atoms with Gasteiger partial charge in [-0.2, -0.15) is 0 Å². The fourth-order valence-electron chi connectivity index (χ4n) is 1.72. The lowest BCUT2D eigenvalue weighted by molar-refractivity contribution is -0.932. The molecule has 0 spiro atoms. The first-order valence-corrected chi connectivity index (χ1v) is 6.11. The Labute approximate surface area is 80.9 Å². The Bertz CT molecular complexity index is 236. The first-order valence-electron chi connectivity index (χ1n) is 4.64. The van der Waals surface area contributed by atoms with Crippen molar-refractivity contribution in [1.82, 2.24) is 0 Å². The van der Waals surface area contributed by atoms with Gasteiger partial charge in [0, 0.05) is 6.92 Å². The van der Waals surface area contributed by atoms with E-state index >= 15 is 0 Å². The van der Waals surface area contributed by atoms with Gasteiger partial charge in [-0.3, -0.25) is 0 Å². The van der Waals surface area contributed by atoms with Gasteiger partial charge >= 0.3 is 0 Å². The molecular weight excluding hydrogens is 190 g/mol. The molecule has 1 atom stereocenters. The summed E-state index contributed by atoms with van der Waals surface area (Å²) in [5.74, 6) is 0. The number of rotatable bonds is 5. The second kappa shape index (κ2) is 4.39. The zero-order chi connectivity index (χ0) is 10.7. The van der Waals surface area contributed by atoms with E-state index in [9.17, 15) is 13.0 Å². The predicted molar refractivity (Wildman–Crippen MR) is 51.0 cm³/mol. The SMILES string of the molecule is CC[N+](CC)(CC)C(C)S(=O)(=O)[O-]. The first-order chi connectivity index (χ1) is 5.84. The molecule has 0 aliphatic rings. The summed E-state index contributed by atoms with van der Waals surface area (Å²) in [6.07, 6.45) is 0. The quantitative estimate of drug-likeness (QED) is 0.496. The molecule has 0 radical (unpaired) electrons. The van der Waals surface area contributed by atoms with Gasteiger partial charge in [0.1, 0.15) is 10.1 Å². The number of quaternary nitrogens is 1. The van der Waals surface area contributed by atoms with Gasteiger partial charge in [0.25, 0.3) is 0 Å². The van der Waals surface area contributed by atoms with Crippen LogP contribution in [0.1, 0.15) is 27.7 Å². The van der Waals surface area contributed by atoms with Crippen molar-refractivity contribution in [1.29, 1.82) is 0 Å². The highest BCUT2D eigenvalue weighted by Crippen LogP contribution is 2.16. The van der Waals surface area contributed by atoms with Crippen LogP contribution in [0.2, 0.25) is 0 Å². The van der Waals surface area contributed by atoms with Gasteiger partial charge in [-0.25, -0.2) is 8.42 Å². The highest BCUT2D eigenvalue weighted by Gasteiger charge is 2.33. The van der Waals surface area contributed by atoms with Crippen molar-refractivity contribution in [3.05, 3.63) is 0 Å². The molecule has 0 saturated carbocycles. The maximum atomic E-state index is 10.9. The molecule has 0 aromatic rings. The summed E-state index contributed by atoms with van der Waals surface area (Å²) >= 11 is 0. The van der Waals surface area contributed by atoms with Gasteiger partial charge in [-0.15, -0.1) is 0 Å². The lowest BCUT2D eigenvalue weighted by Gasteiger charge is -2.41. The topological polar surface area (TPSA) is 57.2 Å². The Morgan fingerprint density at radius 3 is 1.54 bits per heavy atom. The molecule has 0 heterocycles. The molecule has 0 aromatic carbocycles. The van der Waals surface area contributed by atoms with Crippen LogP contribution in [0.15, 0.2) is 0 Å². The zero-order valence-corrected chi connectivity index (χ0v) is 9.60. The Hall–Kier alpha value is -0.130. The second-order valence-electron chi connectivity index (χ2n) is 3.26. The van der Waals surface area contributed by atoms with E-state index in [0.717, 1.165) is 0 Å². The van der Waals surface area contributed by atoms with Crippen molar-refractivity contribution in [2.24, 2.45) is 0 Å². The standard InChI is InChI=1S/C8H19NO3S/c1-5-9(6-2,7-3)8(4)13(10,11)12/h8H,5-7H2,1-4H3. The molecule has 0 saturated heterocycles. The van der Waals surface area contributed by atoms with E-state index in [2.05, 4.69) is 0 Å². The maximum Gasteiger partial charge on any atom is 0.176 e. The zero-order valence-electron chi connectivity index (χ0n) is 8.78. The van der Waals surface area contributed by atoms with E-state index in [-0.39, 0.29) is 0 Å². The number of nitrogens with zero attached hydrogens (tertiary/aromatic N) is 1. The molecule has 0 aromatic heterocycles. The van der Waals surface area contributed by atoms with Crippen molar-refractivity contribution < 1.29 is 17.5 Å². The second-order valence-corrected chi connectivity index (χ2v) is 4.93. The van der Waals surface area contributed by atoms with Crippen molar-refractivity contribution >= 4 is 10.1 Å². The van der Waals surface area contributed by atoms with E-state index in [1.54, 1.807) is 0 Å². The minimum Gasteiger partial charge on any atom is -0.743 e. The van der Waals surface area contributed by atoms with Crippen molar-refractivity contribution in [3.63, 3.8) is 0 Å². The largest absolute Gasteiger partial charge is 0.743 e. The van der Waals surface area contributed by atoms with Crippen LogP contribution in [0.5, 0.6) is 0 Å². The first kappa shape index (κ1) is 12.9. The van der Waals surface area contributed by atoms with Crippen molar-refractivity contribution in [2.75, 3.05) is 19.6 Å². The summed E-state index contributed by atoms with van der Waals surface area (Å²) in [4.78, 5) is 0. The van der Waals surface area contributed by atoms with Crippen molar-refractivity contribution in [2.45, 2.75) is 33.1 Å². The average Bonchev–Trinajstić information content (AvgIpc) is 2.07. The Morgan fingerprint density at radius 1 is 1.15 bits per heavy atom. The third-order valence-electron chi connectivity index (χ3n) is 3.08. The monoisotopic (exact) mass is 209 g/mol. The lowest BCUT2D eigenvalue weighted by atomic mass is 10.3. The van der Waals surface area contributed by atoms with Gasteiger partial charge in [-0.1, -0.05) is 0 Å². The molecule has 0 aliphatic heterocycles. The average molecular weight is 209 g/mol. The minimum absolute atomic E-state index is 0.353. The van der Waals surface area contributed by atoms with Gasteiger partial charge in [0.15, 0.2) is 5.37 Å². The molecule has 0 N–H and O–H groups in total. The van der Waals surface area contributed by atoms with Crippen LogP contribution >= 0.6 is 0 Å². The Morgan fingerprint density at radius 2 is 1.46 bits per heavy atom. The molecule has 80 valence electrons. The molecule has 0 rings (SSSR count). The molecule has 1 unspecified atom stereocenters. The fraction of sp³-hybridized carbons (Fsp3) is 1.00. The summed E-state index contributed by atoms with van der Waals surface area (Å²) in [7, 11) is -4.17. The smallest absolute Gasteiger partial charge is 0.176 e. The van der Waals surface area contributed by atoms with Crippen molar-refractivity contribution in [3.8, 4) is 0 Å². The van der Waals surface area contributed by atoms with Crippen LogP contribution < -0.4 is 0 Å². The van der Waals surface area contributed by atoms with Gasteiger partial charge in [0.2, 0.25) is 0 Å². The van der Waals surface area contributed by atoms with Gasteiger partial charge in [0.05, 0.1) is 19.6 Å². The predicted octanol–water partition coefficient (Wildman–Crippen LogP) is 0.754. The highest BCUT2D eigenvalue weighted by atomic mass is 32.2. The molecule has 13 heavy (non-hydrogen) atoms. The summed E-state index contributed by atoms with van der Waals surface area (Å²) in [5, 5.41) is -0.840. The van der Waals surface area contributed by atoms with Crippen LogP contribution in [-0.4, -0.2) is 42.5 Å². The Balaban J connectivity index is 4.96. The minimum atomic E-state index is -4.17. The Kier molecular flexibility index (Phi) is 4.35. The fourth-order valence-corrected chi connectivity index (χ4v) is 2.71. The molecule has 4 nitrogen and oxygen atoms in total. The van der Waals surface area contributed by atoms with E-state index in [1.165, 1.54) is 6.92 Å². The van der Waals surface area contributed by atoms with Crippen LogP contribution in [0, 0.1) is 0 Å². The molecule has 0 amide bonds. The summed E-state index contributed by atoms with van der Waals surface area (Å²) in [6.45, 7) is 9.26. The van der Waals surface area contributed by atoms with Crippen LogP contribution in [0.25, 0.3) is 0 Å². The van der Waals surface area contributed by atoms with Crippen LogP contribution in [0.4, 0.5) is 0 Å². The van der Waals surface area contributed by atoms with E-state index in [0.29, 0.717) is 24.1 Å². The van der Waals surface area contributed by atoms with Crippen LogP contribution in [-0.2, 0) is 10.1 Å². The molecule has 0 fully saturated rings. The third kappa shape index (κ3) is 2.65. The normalized spacial score (nSPS) is 15.8. The summed E-state index contributed by atoms with van der Waals surface area (Å²) in [6, 6.07) is 0. The molecule has 5 heteroatoms. The summed E-state index contributed by atoms with van der Waals surface area (Å²) < 4.78 is 33.0. The lowest BCUT2D eigenvalue weighted by Crippen LogP contribution is -2.56. The summed E-state index contributed by atoms with van der Waals surface area (Å²) in [5.41, 5.74) is 0. The van der Waals surface area contributed by atoms with E-state index in [1.807, 2.05) is 20.8 Å². The number of hydrogen-bond acceptors (Lipinski definition) is 3.